The fourth-order valence-corrected chi connectivity index (χ4v) is 4.00. The third-order valence-electron chi connectivity index (χ3n) is 4.56. The smallest absolute Gasteiger partial charge is 0.410 e. The number of hydrogen-bond acceptors (Lipinski definition) is 3. The number of pyridine rings is 1. The molecule has 2 aliphatic rings. The van der Waals surface area contributed by atoms with E-state index in [0.29, 0.717) is 5.92 Å². The molecule has 1 amide bonds. The second-order valence-corrected chi connectivity index (χ2v) is 8.86. The van der Waals surface area contributed by atoms with Crippen LogP contribution in [0.4, 0.5) is 4.79 Å². The van der Waals surface area contributed by atoms with Crippen molar-refractivity contribution in [1.82, 2.24) is 9.47 Å². The van der Waals surface area contributed by atoms with Crippen LogP contribution in [0.25, 0.3) is 0 Å². The van der Waals surface area contributed by atoms with Gasteiger partial charge >= 0.3 is 6.09 Å². The molecule has 0 aromatic carbocycles. The summed E-state index contributed by atoms with van der Waals surface area (Å²) < 4.78 is 7.98. The molecule has 0 unspecified atom stereocenters. The van der Waals surface area contributed by atoms with Crippen molar-refractivity contribution in [3.63, 3.8) is 0 Å². The fraction of sp³-hybridized carbons (Fsp3) is 0.647. The van der Waals surface area contributed by atoms with E-state index in [9.17, 15) is 9.59 Å². The summed E-state index contributed by atoms with van der Waals surface area (Å²) in [6, 6.07) is 3.49. The first-order chi connectivity index (χ1) is 10.7. The van der Waals surface area contributed by atoms with Crippen LogP contribution < -0.4 is 5.56 Å². The molecule has 126 valence electrons. The van der Waals surface area contributed by atoms with E-state index in [0.717, 1.165) is 36.9 Å². The van der Waals surface area contributed by atoms with Crippen LogP contribution in [-0.4, -0.2) is 34.3 Å². The maximum atomic E-state index is 12.0. The van der Waals surface area contributed by atoms with Crippen LogP contribution in [0.2, 0.25) is 0 Å². The van der Waals surface area contributed by atoms with Gasteiger partial charge in [-0.05, 0) is 45.6 Å². The van der Waals surface area contributed by atoms with Crippen molar-refractivity contribution in [2.75, 3.05) is 13.1 Å². The van der Waals surface area contributed by atoms with Crippen molar-refractivity contribution in [3.05, 3.63) is 33.2 Å². The summed E-state index contributed by atoms with van der Waals surface area (Å²) in [7, 11) is 0. The molecule has 0 radical (unpaired) electrons. The van der Waals surface area contributed by atoms with E-state index < -0.39 is 5.60 Å². The highest BCUT2D eigenvalue weighted by atomic mass is 79.9. The summed E-state index contributed by atoms with van der Waals surface area (Å²) in [5.74, 6) is 0.523. The SMILES string of the molecule is CC(C)(C)OC(=O)N1CC2(CC(Cn3ccc(Br)cc3=O)C2)C1. The molecule has 5 nitrogen and oxygen atoms in total. The van der Waals surface area contributed by atoms with Gasteiger partial charge in [-0.2, -0.15) is 0 Å². The van der Waals surface area contributed by atoms with Crippen molar-refractivity contribution in [2.24, 2.45) is 11.3 Å². The molecule has 1 spiro atoms. The number of nitrogens with zero attached hydrogens (tertiary/aromatic N) is 2. The number of carbonyl (C=O) groups is 1. The highest BCUT2D eigenvalue weighted by Crippen LogP contribution is 2.52. The molecule has 6 heteroatoms. The van der Waals surface area contributed by atoms with Crippen LogP contribution in [0, 0.1) is 11.3 Å². The molecule has 1 aliphatic carbocycles. The molecule has 0 bridgehead atoms. The van der Waals surface area contributed by atoms with Crippen LogP contribution in [0.1, 0.15) is 33.6 Å². The van der Waals surface area contributed by atoms with Crippen LogP contribution in [0.15, 0.2) is 27.6 Å². The number of halogens is 1. The molecule has 1 aliphatic heterocycles. The molecule has 1 aromatic heterocycles. The van der Waals surface area contributed by atoms with Gasteiger partial charge in [-0.1, -0.05) is 15.9 Å². The van der Waals surface area contributed by atoms with E-state index in [4.69, 9.17) is 4.74 Å². The highest BCUT2D eigenvalue weighted by molar-refractivity contribution is 9.10. The number of likely N-dealkylation sites (tertiary alicyclic amines) is 1. The average molecular weight is 383 g/mol. The van der Waals surface area contributed by atoms with Crippen molar-refractivity contribution >= 4 is 22.0 Å². The van der Waals surface area contributed by atoms with Crippen LogP contribution in [0.5, 0.6) is 0 Å². The van der Waals surface area contributed by atoms with Crippen LogP contribution >= 0.6 is 15.9 Å². The van der Waals surface area contributed by atoms with Crippen molar-refractivity contribution in [3.8, 4) is 0 Å². The van der Waals surface area contributed by atoms with Crippen LogP contribution in [-0.2, 0) is 11.3 Å². The summed E-state index contributed by atoms with van der Waals surface area (Å²) >= 11 is 3.31. The minimum Gasteiger partial charge on any atom is -0.444 e. The number of carbonyl (C=O) groups excluding carboxylic acids is 1. The van der Waals surface area contributed by atoms with Gasteiger partial charge in [0.25, 0.3) is 5.56 Å². The van der Waals surface area contributed by atoms with E-state index in [2.05, 4.69) is 15.9 Å². The zero-order valence-corrected chi connectivity index (χ0v) is 15.4. The van der Waals surface area contributed by atoms with E-state index in [-0.39, 0.29) is 17.1 Å². The Morgan fingerprint density at radius 2 is 2.04 bits per heavy atom. The lowest BCUT2D eigenvalue weighted by molar-refractivity contribution is -0.0982. The summed E-state index contributed by atoms with van der Waals surface area (Å²) in [6.07, 6.45) is 3.78. The first kappa shape index (κ1) is 16.6. The Hall–Kier alpha value is -1.30. The lowest BCUT2D eigenvalue weighted by Gasteiger charge is -2.58. The molecule has 1 aromatic rings. The Morgan fingerprint density at radius 3 is 2.61 bits per heavy atom. The van der Waals surface area contributed by atoms with Crippen molar-refractivity contribution in [1.29, 1.82) is 0 Å². The second kappa shape index (κ2) is 5.65. The zero-order valence-electron chi connectivity index (χ0n) is 13.8. The van der Waals surface area contributed by atoms with Crippen LogP contribution in [0.3, 0.4) is 0 Å². The van der Waals surface area contributed by atoms with Crippen molar-refractivity contribution in [2.45, 2.75) is 45.8 Å². The number of hydrogen-bond donors (Lipinski definition) is 0. The lowest BCUT2D eigenvalue weighted by Crippen LogP contribution is -2.64. The second-order valence-electron chi connectivity index (χ2n) is 7.95. The van der Waals surface area contributed by atoms with Gasteiger partial charge in [0.2, 0.25) is 0 Å². The molecular weight excluding hydrogens is 360 g/mol. The van der Waals surface area contributed by atoms with Gasteiger partial charge in [0.05, 0.1) is 0 Å². The quantitative estimate of drug-likeness (QED) is 0.788. The Morgan fingerprint density at radius 1 is 1.39 bits per heavy atom. The Kier molecular flexibility index (Phi) is 4.07. The van der Waals surface area contributed by atoms with Gasteiger partial charge in [-0.25, -0.2) is 4.79 Å². The molecule has 0 atom stereocenters. The first-order valence-electron chi connectivity index (χ1n) is 8.00. The molecule has 2 heterocycles. The number of ether oxygens (including phenoxy) is 1. The Bertz CT molecular complexity index is 663. The maximum absolute atomic E-state index is 12.0. The molecule has 1 saturated heterocycles. The lowest BCUT2D eigenvalue weighted by atomic mass is 9.58. The normalized spacial score (nSPS) is 20.1. The predicted octanol–water partition coefficient (Wildman–Crippen LogP) is 3.26. The minimum absolute atomic E-state index is 0.0318. The summed E-state index contributed by atoms with van der Waals surface area (Å²) in [5, 5.41) is 0. The van der Waals surface area contributed by atoms with Gasteiger partial charge < -0.3 is 14.2 Å². The van der Waals surface area contributed by atoms with E-state index >= 15 is 0 Å². The summed E-state index contributed by atoms with van der Waals surface area (Å²) in [6.45, 7) is 7.99. The van der Waals surface area contributed by atoms with Gasteiger partial charge in [0.15, 0.2) is 0 Å². The molecular formula is C17H23BrN2O3. The molecule has 0 N–H and O–H groups in total. The molecule has 3 rings (SSSR count). The van der Waals surface area contributed by atoms with Gasteiger partial charge in [-0.15, -0.1) is 0 Å². The third-order valence-corrected chi connectivity index (χ3v) is 5.05. The van der Waals surface area contributed by atoms with Gasteiger partial charge in [-0.3, -0.25) is 4.79 Å². The van der Waals surface area contributed by atoms with Crippen molar-refractivity contribution < 1.29 is 9.53 Å². The Labute approximate surface area is 144 Å². The minimum atomic E-state index is -0.440. The number of aromatic nitrogens is 1. The maximum Gasteiger partial charge on any atom is 0.410 e. The van der Waals surface area contributed by atoms with Gasteiger partial charge in [0, 0.05) is 41.8 Å². The molecule has 2 fully saturated rings. The monoisotopic (exact) mass is 382 g/mol. The predicted molar refractivity (Wildman–Crippen MR) is 91.4 cm³/mol. The average Bonchev–Trinajstić information content (AvgIpc) is 2.30. The summed E-state index contributed by atoms with van der Waals surface area (Å²) in [5.41, 5.74) is -0.144. The number of rotatable bonds is 2. The Balaban J connectivity index is 1.47. The van der Waals surface area contributed by atoms with Gasteiger partial charge in [0.1, 0.15) is 5.60 Å². The van der Waals surface area contributed by atoms with E-state index in [1.165, 1.54) is 0 Å². The summed E-state index contributed by atoms with van der Waals surface area (Å²) in [4.78, 5) is 25.7. The fourth-order valence-electron chi connectivity index (χ4n) is 3.68. The largest absolute Gasteiger partial charge is 0.444 e. The molecule has 23 heavy (non-hydrogen) atoms. The van der Waals surface area contributed by atoms with E-state index in [1.807, 2.05) is 33.0 Å². The highest BCUT2D eigenvalue weighted by Gasteiger charge is 2.54. The molecule has 1 saturated carbocycles. The van der Waals surface area contributed by atoms with E-state index in [1.54, 1.807) is 15.5 Å². The third kappa shape index (κ3) is 3.62. The standard InChI is InChI=1S/C17H23BrN2O3/c1-16(2,3)23-15(22)20-10-17(11-20)7-12(8-17)9-19-5-4-13(18)6-14(19)21/h4-6,12H,7-11H2,1-3H3. The first-order valence-corrected chi connectivity index (χ1v) is 8.79. The zero-order chi connectivity index (χ0) is 16.8. The number of amides is 1. The topological polar surface area (TPSA) is 51.5 Å².